The molecule has 0 aromatic rings. The summed E-state index contributed by atoms with van der Waals surface area (Å²) in [6.07, 6.45) is -9.58. The number of hydrogen-bond donors (Lipinski definition) is 15. The number of hydrogen-bond acceptors (Lipinski definition) is 29. The largest absolute Gasteiger partial charge is 0.471 e. The van der Waals surface area contributed by atoms with Gasteiger partial charge >= 0.3 is 7.82 Å². The molecular formula is C66H125N6O28P. The minimum Gasteiger partial charge on any atom is -0.394 e. The number of phosphoric acid groups is 1. The first-order valence-electron chi connectivity index (χ1n) is 35.5. The fourth-order valence-corrected chi connectivity index (χ4v) is 10.9. The summed E-state index contributed by atoms with van der Waals surface area (Å²) in [5, 5.41) is 100. The molecule has 16 N–H and O–H groups in total. The Kier molecular flexibility index (Phi) is 54.9. The Morgan fingerprint density at radius 3 is 1.24 bits per heavy atom. The molecule has 0 saturated carbocycles. The molecule has 101 heavy (non-hydrogen) atoms. The Bertz CT molecular complexity index is 2260. The number of nitrogens with one attached hydrogen (secondary N) is 4. The van der Waals surface area contributed by atoms with Gasteiger partial charge in [-0.3, -0.25) is 52.3 Å². The second-order valence-electron chi connectivity index (χ2n) is 24.4. The number of unbranched alkanes of at least 4 members (excludes halogenated alkanes) is 3. The lowest BCUT2D eigenvalue weighted by Gasteiger charge is -2.40. The van der Waals surface area contributed by atoms with Crippen molar-refractivity contribution in [2.24, 2.45) is 23.5 Å². The number of aliphatic hydroxyl groups is 9. The Hall–Kier alpha value is -4.05. The third-order valence-electron chi connectivity index (χ3n) is 16.5. The number of amides is 4. The standard InChI is InChI=1S/C55H95N5O24.C7H18NO4P.2C2H6/c1-32-46(71)49(74)40(29-61)82-53(32)79-23-7-19-56-43(68)17-14-37(66)27-60(28-38(67)15-18-44(69)57-20-8-24-80-54-33(2)47(72)50(75)41(30-62)83-54)39(16-13-36(65)11-5-10-35(64)12-6-22-78-4)52(77)59-26-45(70)58-21-9-25-81-55-34(3)48(73)51(76)42(31-63)84-55;1-11-13(9,10)12-7-5-3-2-4-6-8;2*1-2/h32-34,39-42,46-51,53-55,61-63,71-76H,5-31H2,1-4H3,(H,56,68)(H,57,69)(H,58,70)(H,59,77);2-8H2,1H3,(H,9,10);2*1-2H3/t32?,33?,34?,39?,40?,41?,42?,46-,47-,48-,49+,50+,51+,53-,54-,55-;;;/m1.../s1. The van der Waals surface area contributed by atoms with Gasteiger partial charge in [0.15, 0.2) is 18.9 Å². The summed E-state index contributed by atoms with van der Waals surface area (Å²) in [4.78, 5) is 116. The van der Waals surface area contributed by atoms with E-state index in [1.807, 2.05) is 27.7 Å². The van der Waals surface area contributed by atoms with Crippen LogP contribution < -0.4 is 27.0 Å². The van der Waals surface area contributed by atoms with E-state index in [0.29, 0.717) is 19.6 Å². The molecule has 3 saturated heterocycles. The highest BCUT2D eigenvalue weighted by Crippen LogP contribution is 2.42. The SMILES string of the molecule is CC.CC.COCCCC(=O)CCCC(=O)CCC(C(=O)NCC(=O)NCCCO[C@@H]1OC(CO)[C@H](O)[C@H](O)C1C)N(CC(=O)CCC(=O)NCCCO[C@@H]1OC(CO)[C@H](O)[C@H](O)C1C)CC(=O)CCC(=O)NCCCO[C@@H]1OC(CO)[C@H](O)[C@H](O)C1C.COP(=O)(O)OCCCCCCN. The van der Waals surface area contributed by atoms with E-state index in [0.717, 1.165) is 32.8 Å². The molecule has 3 fully saturated rings. The third kappa shape index (κ3) is 40.3. The minimum atomic E-state index is -3.75. The first kappa shape index (κ1) is 97.0. The number of carbonyl (C=O) groups excluding carboxylic acids is 8. The van der Waals surface area contributed by atoms with E-state index in [1.54, 1.807) is 20.8 Å². The number of ether oxygens (including phenoxy) is 7. The first-order valence-corrected chi connectivity index (χ1v) is 37.0. The van der Waals surface area contributed by atoms with Gasteiger partial charge in [-0.1, -0.05) is 61.3 Å². The zero-order valence-electron chi connectivity index (χ0n) is 60.9. The molecule has 3 aliphatic rings. The van der Waals surface area contributed by atoms with Crippen LogP contribution in [0.25, 0.3) is 0 Å². The van der Waals surface area contributed by atoms with Crippen molar-refractivity contribution in [2.45, 2.75) is 244 Å². The van der Waals surface area contributed by atoms with Crippen molar-refractivity contribution in [3.63, 3.8) is 0 Å². The van der Waals surface area contributed by atoms with Gasteiger partial charge in [0, 0.05) is 110 Å². The fourth-order valence-electron chi connectivity index (χ4n) is 10.4. The van der Waals surface area contributed by atoms with Crippen LogP contribution in [0.4, 0.5) is 0 Å². The number of methoxy groups -OCH3 is 1. The fraction of sp³-hybridized carbons (Fsp3) is 0.879. The average Bonchev–Trinajstić information content (AvgIpc) is 0.839. The normalized spacial score (nSPS) is 25.7. The van der Waals surface area contributed by atoms with E-state index in [4.69, 9.17) is 43.8 Å². The van der Waals surface area contributed by atoms with Gasteiger partial charge in [0.05, 0.1) is 90.2 Å². The van der Waals surface area contributed by atoms with Gasteiger partial charge in [-0.05, 0) is 57.9 Å². The molecule has 0 bridgehead atoms. The number of Topliss-reactive ketones (excluding diaryl/α,β-unsaturated/α-hetero) is 4. The van der Waals surface area contributed by atoms with Crippen molar-refractivity contribution in [3.05, 3.63) is 0 Å². The van der Waals surface area contributed by atoms with Gasteiger partial charge < -0.3 is 111 Å². The van der Waals surface area contributed by atoms with Crippen molar-refractivity contribution in [2.75, 3.05) is 113 Å². The molecule has 17 atom stereocenters. The topological polar surface area (TPSA) is 516 Å². The molecular weight excluding hydrogens is 1360 g/mol. The second-order valence-corrected chi connectivity index (χ2v) is 25.9. The molecule has 0 aromatic heterocycles. The van der Waals surface area contributed by atoms with E-state index in [1.165, 1.54) is 12.0 Å². The minimum absolute atomic E-state index is 0.0109. The van der Waals surface area contributed by atoms with Gasteiger partial charge in [-0.2, -0.15) is 0 Å². The van der Waals surface area contributed by atoms with Crippen LogP contribution in [-0.4, -0.2) is 295 Å². The van der Waals surface area contributed by atoms with Crippen LogP contribution in [0.5, 0.6) is 0 Å². The maximum absolute atomic E-state index is 14.2. The highest BCUT2D eigenvalue weighted by atomic mass is 31.2. The predicted molar refractivity (Wildman–Crippen MR) is 366 cm³/mol. The quantitative estimate of drug-likeness (QED) is 0.0259. The highest BCUT2D eigenvalue weighted by Gasteiger charge is 2.45. The van der Waals surface area contributed by atoms with Crippen molar-refractivity contribution >= 4 is 54.6 Å². The second kappa shape index (κ2) is 57.2. The molecule has 0 aromatic carbocycles. The van der Waals surface area contributed by atoms with Crippen LogP contribution >= 0.6 is 7.82 Å². The zero-order chi connectivity index (χ0) is 76.5. The lowest BCUT2D eigenvalue weighted by Crippen LogP contribution is -2.55. The van der Waals surface area contributed by atoms with E-state index >= 15 is 0 Å². The van der Waals surface area contributed by atoms with Crippen molar-refractivity contribution in [1.29, 1.82) is 0 Å². The van der Waals surface area contributed by atoms with Crippen LogP contribution in [0.15, 0.2) is 0 Å². The molecule has 35 heteroatoms. The summed E-state index contributed by atoms with van der Waals surface area (Å²) in [5.41, 5.74) is 5.30. The number of ketones is 4. The summed E-state index contributed by atoms with van der Waals surface area (Å²) in [6, 6.07) is -1.38. The Morgan fingerprint density at radius 2 is 0.851 bits per heavy atom. The van der Waals surface area contributed by atoms with Crippen LogP contribution in [0.1, 0.15) is 164 Å². The lowest BCUT2D eigenvalue weighted by molar-refractivity contribution is -0.282. The summed E-state index contributed by atoms with van der Waals surface area (Å²) in [5.74, 6) is -5.90. The van der Waals surface area contributed by atoms with Crippen molar-refractivity contribution < 1.29 is 136 Å². The molecule has 4 amide bonds. The number of aliphatic hydroxyl groups excluding tert-OH is 9. The van der Waals surface area contributed by atoms with E-state index in [2.05, 4.69) is 30.3 Å². The maximum atomic E-state index is 14.2. The molecule has 34 nitrogen and oxygen atoms in total. The molecule has 0 spiro atoms. The number of nitrogens with two attached hydrogens (primary N) is 1. The predicted octanol–water partition coefficient (Wildman–Crippen LogP) is -0.898. The lowest BCUT2D eigenvalue weighted by atomic mass is 9.92. The van der Waals surface area contributed by atoms with Crippen LogP contribution in [0.3, 0.4) is 0 Å². The Morgan fingerprint density at radius 1 is 0.465 bits per heavy atom. The van der Waals surface area contributed by atoms with Crippen molar-refractivity contribution in [1.82, 2.24) is 26.2 Å². The third-order valence-corrected chi connectivity index (χ3v) is 17.5. The Balaban J connectivity index is 0.00000522. The monoisotopic (exact) mass is 1480 g/mol. The van der Waals surface area contributed by atoms with Gasteiger partial charge in [0.25, 0.3) is 0 Å². The van der Waals surface area contributed by atoms with E-state index in [9.17, 15) is 88.9 Å². The molecule has 8 unspecified atom stereocenters. The molecule has 3 aliphatic heterocycles. The van der Waals surface area contributed by atoms with Crippen LogP contribution in [0.2, 0.25) is 0 Å². The van der Waals surface area contributed by atoms with Gasteiger partial charge in [-0.25, -0.2) is 4.57 Å². The zero-order valence-corrected chi connectivity index (χ0v) is 61.8. The number of carbonyl (C=O) groups is 8. The molecule has 0 radical (unpaired) electrons. The maximum Gasteiger partial charge on any atom is 0.471 e. The summed E-state index contributed by atoms with van der Waals surface area (Å²) in [7, 11) is -1.09. The first-order chi connectivity index (χ1) is 48.2. The van der Waals surface area contributed by atoms with Gasteiger partial charge in [0.1, 0.15) is 59.8 Å². The summed E-state index contributed by atoms with van der Waals surface area (Å²) < 4.78 is 58.3. The smallest absolute Gasteiger partial charge is 0.394 e. The summed E-state index contributed by atoms with van der Waals surface area (Å²) in [6.45, 7) is 11.3. The molecule has 0 aliphatic carbocycles. The number of nitrogens with zero attached hydrogens (tertiary/aromatic N) is 1. The molecule has 3 heterocycles. The highest BCUT2D eigenvalue weighted by molar-refractivity contribution is 7.47. The van der Waals surface area contributed by atoms with E-state index < -0.39 is 180 Å². The molecule has 592 valence electrons. The van der Waals surface area contributed by atoms with Crippen molar-refractivity contribution in [3.8, 4) is 0 Å². The van der Waals surface area contributed by atoms with Crippen LogP contribution in [-0.2, 0) is 85.1 Å². The number of phosphoric ester groups is 1. The van der Waals surface area contributed by atoms with E-state index in [-0.39, 0.29) is 141 Å². The number of rotatable bonds is 51. The van der Waals surface area contributed by atoms with Gasteiger partial charge in [-0.15, -0.1) is 0 Å². The summed E-state index contributed by atoms with van der Waals surface area (Å²) >= 11 is 0. The average molecular weight is 1480 g/mol. The van der Waals surface area contributed by atoms with Crippen LogP contribution in [0, 0.1) is 17.8 Å². The Labute approximate surface area is 595 Å². The van der Waals surface area contributed by atoms with Gasteiger partial charge in [0.2, 0.25) is 23.6 Å². The molecule has 3 rings (SSSR count).